The van der Waals surface area contributed by atoms with Crippen LogP contribution in [0.4, 0.5) is 0 Å². The summed E-state index contributed by atoms with van der Waals surface area (Å²) in [5.74, 6) is 0.504. The van der Waals surface area contributed by atoms with Gasteiger partial charge in [-0.2, -0.15) is 0 Å². The minimum Gasteiger partial charge on any atom is -0.508 e. The second-order valence-corrected chi connectivity index (χ2v) is 8.92. The van der Waals surface area contributed by atoms with Gasteiger partial charge in [0.15, 0.2) is 0 Å². The lowest BCUT2D eigenvalue weighted by Gasteiger charge is -2.33. The number of hydrogen-bond donors (Lipinski definition) is 2. The van der Waals surface area contributed by atoms with Crippen LogP contribution in [0.15, 0.2) is 48.5 Å². The van der Waals surface area contributed by atoms with Gasteiger partial charge in [-0.3, -0.25) is 0 Å². The molecule has 0 aliphatic carbocycles. The Bertz CT molecular complexity index is 567. The second kappa shape index (κ2) is 7.47. The van der Waals surface area contributed by atoms with Crippen LogP contribution in [-0.2, 0) is 4.43 Å². The molecular weight excluding hydrogens is 292 g/mol. The van der Waals surface area contributed by atoms with E-state index < -0.39 is 8.32 Å². The summed E-state index contributed by atoms with van der Waals surface area (Å²) in [6, 6.07) is 15.6. The number of hydrogen-bond acceptors (Lipinski definition) is 3. The first-order chi connectivity index (χ1) is 10.7. The van der Waals surface area contributed by atoms with Gasteiger partial charge in [0, 0.05) is 17.0 Å². The molecule has 0 saturated carbocycles. The molecule has 2 aromatic carbocycles. The van der Waals surface area contributed by atoms with Crippen molar-refractivity contribution in [3.63, 3.8) is 0 Å². The summed E-state index contributed by atoms with van der Waals surface area (Å²) in [6.07, 6.45) is 2.04. The van der Waals surface area contributed by atoms with Gasteiger partial charge in [-0.1, -0.05) is 56.2 Å². The Morgan fingerprint density at radius 2 is 1.36 bits per heavy atom. The van der Waals surface area contributed by atoms with Gasteiger partial charge >= 0.3 is 0 Å². The normalized spacial score (nSPS) is 11.5. The number of phenols is 2. The van der Waals surface area contributed by atoms with Crippen molar-refractivity contribution in [2.45, 2.75) is 32.7 Å². The summed E-state index contributed by atoms with van der Waals surface area (Å²) in [4.78, 5) is 0. The third-order valence-electron chi connectivity index (χ3n) is 3.95. The predicted molar refractivity (Wildman–Crippen MR) is 92.6 cm³/mol. The molecule has 2 aromatic rings. The van der Waals surface area contributed by atoms with Crippen molar-refractivity contribution >= 4 is 18.7 Å². The summed E-state index contributed by atoms with van der Waals surface area (Å²) < 4.78 is 6.28. The minimum atomic E-state index is -2.66. The van der Waals surface area contributed by atoms with Crippen molar-refractivity contribution in [1.82, 2.24) is 0 Å². The third-order valence-corrected chi connectivity index (χ3v) is 8.38. The number of benzene rings is 2. The summed E-state index contributed by atoms with van der Waals surface area (Å²) in [6.45, 7) is 4.66. The maximum atomic E-state index is 10.4. The fourth-order valence-corrected chi connectivity index (χ4v) is 7.30. The number of rotatable bonds is 7. The number of phenolic OH excluding ortho intramolecular Hbond substituents is 2. The zero-order valence-electron chi connectivity index (χ0n) is 13.2. The first-order valence-corrected chi connectivity index (χ1v) is 9.98. The first kappa shape index (κ1) is 16.6. The van der Waals surface area contributed by atoms with Gasteiger partial charge in [-0.15, -0.1) is 0 Å². The molecule has 22 heavy (non-hydrogen) atoms. The Labute approximate surface area is 133 Å². The minimum absolute atomic E-state index is 0.252. The van der Waals surface area contributed by atoms with Crippen molar-refractivity contribution in [3.05, 3.63) is 48.5 Å². The molecule has 3 nitrogen and oxygen atoms in total. The van der Waals surface area contributed by atoms with Gasteiger partial charge in [-0.25, -0.2) is 0 Å². The molecule has 0 fully saturated rings. The standard InChI is InChI=1S/C18H24O3Si/c1-3-5-14-22(21-4-2,17-12-8-6-10-15(17)19)18-13-9-7-11-16(18)20/h6-13,19-20H,3-5,14H2,1-2H3. The molecule has 0 heterocycles. The molecular formula is C18H24O3Si. The van der Waals surface area contributed by atoms with E-state index in [1.54, 1.807) is 12.1 Å². The predicted octanol–water partition coefficient (Wildman–Crippen LogP) is 2.99. The van der Waals surface area contributed by atoms with E-state index in [0.29, 0.717) is 6.61 Å². The summed E-state index contributed by atoms with van der Waals surface area (Å²) >= 11 is 0. The van der Waals surface area contributed by atoms with Gasteiger partial charge in [0.1, 0.15) is 11.5 Å². The molecule has 0 aromatic heterocycles. The molecule has 0 aliphatic heterocycles. The highest BCUT2D eigenvalue weighted by molar-refractivity contribution is 6.98. The Hall–Kier alpha value is -1.78. The first-order valence-electron chi connectivity index (χ1n) is 7.86. The van der Waals surface area contributed by atoms with Crippen molar-refractivity contribution in [2.75, 3.05) is 6.61 Å². The molecule has 2 N–H and O–H groups in total. The number of unbranched alkanes of at least 4 members (excludes halogenated alkanes) is 1. The Morgan fingerprint density at radius 1 is 0.864 bits per heavy atom. The van der Waals surface area contributed by atoms with Crippen LogP contribution in [0, 0.1) is 0 Å². The van der Waals surface area contributed by atoms with Gasteiger partial charge in [-0.05, 0) is 25.1 Å². The molecule has 0 saturated heterocycles. The average Bonchev–Trinajstić information content (AvgIpc) is 2.53. The summed E-state index contributed by atoms with van der Waals surface area (Å²) in [7, 11) is -2.66. The van der Waals surface area contributed by atoms with E-state index in [1.807, 2.05) is 43.3 Å². The van der Waals surface area contributed by atoms with Crippen LogP contribution >= 0.6 is 0 Å². The Balaban J connectivity index is 2.66. The number of aromatic hydroxyl groups is 2. The van der Waals surface area contributed by atoms with E-state index in [4.69, 9.17) is 4.43 Å². The highest BCUT2D eigenvalue weighted by Crippen LogP contribution is 2.24. The quantitative estimate of drug-likeness (QED) is 0.772. The third kappa shape index (κ3) is 3.18. The monoisotopic (exact) mass is 316 g/mol. The van der Waals surface area contributed by atoms with Gasteiger partial charge < -0.3 is 14.6 Å². The SMILES string of the molecule is CCCC[Si](OCC)(c1ccccc1O)c1ccccc1O. The topological polar surface area (TPSA) is 49.7 Å². The highest BCUT2D eigenvalue weighted by atomic mass is 28.4. The maximum absolute atomic E-state index is 10.4. The van der Waals surface area contributed by atoms with Crippen LogP contribution in [0.5, 0.6) is 11.5 Å². The molecule has 0 radical (unpaired) electrons. The molecule has 0 aliphatic rings. The lowest BCUT2D eigenvalue weighted by atomic mass is 10.3. The second-order valence-electron chi connectivity index (χ2n) is 5.40. The molecule has 118 valence electrons. The van der Waals surface area contributed by atoms with Crippen LogP contribution in [0.1, 0.15) is 26.7 Å². The fraction of sp³-hybridized carbons (Fsp3) is 0.333. The van der Waals surface area contributed by atoms with E-state index in [1.165, 1.54) is 0 Å². The summed E-state index contributed by atoms with van der Waals surface area (Å²) in [5.41, 5.74) is 0. The van der Waals surface area contributed by atoms with Crippen molar-refractivity contribution in [2.24, 2.45) is 0 Å². The molecule has 0 unspecified atom stereocenters. The van der Waals surface area contributed by atoms with Crippen molar-refractivity contribution < 1.29 is 14.6 Å². The van der Waals surface area contributed by atoms with Crippen molar-refractivity contribution in [1.29, 1.82) is 0 Å². The highest BCUT2D eigenvalue weighted by Gasteiger charge is 2.42. The molecule has 0 spiro atoms. The van der Waals surface area contributed by atoms with Crippen LogP contribution in [0.2, 0.25) is 6.04 Å². The summed E-state index contributed by atoms with van der Waals surface area (Å²) in [5, 5.41) is 22.5. The van der Waals surface area contributed by atoms with E-state index in [-0.39, 0.29) is 11.5 Å². The van der Waals surface area contributed by atoms with Crippen LogP contribution in [-0.4, -0.2) is 25.1 Å². The number of para-hydroxylation sites is 2. The van der Waals surface area contributed by atoms with E-state index in [2.05, 4.69) is 6.92 Å². The molecule has 4 heteroatoms. The zero-order valence-corrected chi connectivity index (χ0v) is 14.2. The van der Waals surface area contributed by atoms with Gasteiger partial charge in [0.2, 0.25) is 0 Å². The molecule has 0 amide bonds. The van der Waals surface area contributed by atoms with Crippen LogP contribution in [0.25, 0.3) is 0 Å². The van der Waals surface area contributed by atoms with Gasteiger partial charge in [0.25, 0.3) is 8.32 Å². The average molecular weight is 316 g/mol. The lowest BCUT2D eigenvalue weighted by Crippen LogP contribution is -2.60. The van der Waals surface area contributed by atoms with E-state index in [0.717, 1.165) is 29.3 Å². The van der Waals surface area contributed by atoms with Crippen molar-refractivity contribution in [3.8, 4) is 11.5 Å². The smallest absolute Gasteiger partial charge is 0.262 e. The van der Waals surface area contributed by atoms with Crippen LogP contribution in [0.3, 0.4) is 0 Å². The lowest BCUT2D eigenvalue weighted by molar-refractivity contribution is 0.335. The largest absolute Gasteiger partial charge is 0.508 e. The van der Waals surface area contributed by atoms with E-state index in [9.17, 15) is 10.2 Å². The van der Waals surface area contributed by atoms with Crippen LogP contribution < -0.4 is 10.4 Å². The van der Waals surface area contributed by atoms with E-state index >= 15 is 0 Å². The molecule has 0 bridgehead atoms. The van der Waals surface area contributed by atoms with Gasteiger partial charge in [0.05, 0.1) is 0 Å². The fourth-order valence-electron chi connectivity index (χ4n) is 2.94. The molecule has 2 rings (SSSR count). The zero-order chi connectivity index (χ0) is 16.0. The maximum Gasteiger partial charge on any atom is 0.262 e. The Morgan fingerprint density at radius 3 is 1.77 bits per heavy atom. The Kier molecular flexibility index (Phi) is 5.63. The molecule has 0 atom stereocenters.